The van der Waals surface area contributed by atoms with Gasteiger partial charge in [-0.05, 0) is 6.92 Å². The summed E-state index contributed by atoms with van der Waals surface area (Å²) in [6.45, 7) is 1.56. The van der Waals surface area contributed by atoms with Crippen molar-refractivity contribution >= 4 is 5.78 Å². The van der Waals surface area contributed by atoms with E-state index in [4.69, 9.17) is 0 Å². The average molecular weight is 138 g/mol. The van der Waals surface area contributed by atoms with E-state index in [1.807, 2.05) is 30.3 Å². The van der Waals surface area contributed by atoms with Crippen molar-refractivity contribution in [1.82, 2.24) is 0 Å². The Kier molecular flexibility index (Phi) is 3.36. The first-order chi connectivity index (χ1) is 4.30. The van der Waals surface area contributed by atoms with Crippen molar-refractivity contribution < 1.29 is 10.3 Å². The SMILES string of the molecule is CC(=O)c1ccccc1.O. The highest BCUT2D eigenvalue weighted by Gasteiger charge is 1.92. The van der Waals surface area contributed by atoms with Crippen LogP contribution in [0.4, 0.5) is 0 Å². The summed E-state index contributed by atoms with van der Waals surface area (Å²) >= 11 is 0. The van der Waals surface area contributed by atoms with E-state index < -0.39 is 0 Å². The third-order valence-corrected chi connectivity index (χ3v) is 1.18. The second-order valence-corrected chi connectivity index (χ2v) is 1.92. The zero-order valence-electron chi connectivity index (χ0n) is 5.79. The van der Waals surface area contributed by atoms with E-state index in [0.717, 1.165) is 5.56 Å². The number of hydrogen-bond donors (Lipinski definition) is 0. The molecule has 0 aliphatic rings. The predicted octanol–water partition coefficient (Wildman–Crippen LogP) is 1.06. The van der Waals surface area contributed by atoms with Gasteiger partial charge >= 0.3 is 0 Å². The quantitative estimate of drug-likeness (QED) is 0.535. The largest absolute Gasteiger partial charge is 0.412 e. The zero-order chi connectivity index (χ0) is 6.69. The summed E-state index contributed by atoms with van der Waals surface area (Å²) < 4.78 is 0. The minimum Gasteiger partial charge on any atom is -0.412 e. The number of Topliss-reactive ketones (excluding diaryl/α,β-unsaturated/α-hetero) is 1. The molecule has 1 aromatic rings. The minimum atomic E-state index is 0. The fraction of sp³-hybridized carbons (Fsp3) is 0.125. The molecular weight excluding hydrogens is 128 g/mol. The van der Waals surface area contributed by atoms with Crippen molar-refractivity contribution in [2.24, 2.45) is 0 Å². The average Bonchev–Trinajstić information content (AvgIpc) is 1.90. The van der Waals surface area contributed by atoms with E-state index in [1.54, 1.807) is 6.92 Å². The molecule has 0 atom stereocenters. The standard InChI is InChI=1S/C8H8O.H2O/c1-7(9)8-5-3-2-4-6-8;/h2-6H,1H3;1H2. The third kappa shape index (κ3) is 1.99. The van der Waals surface area contributed by atoms with Gasteiger partial charge in [0.15, 0.2) is 5.78 Å². The molecule has 1 rings (SSSR count). The number of carbonyl (C=O) groups is 1. The van der Waals surface area contributed by atoms with Gasteiger partial charge in [-0.25, -0.2) is 0 Å². The van der Waals surface area contributed by atoms with Gasteiger partial charge in [-0.3, -0.25) is 4.79 Å². The lowest BCUT2D eigenvalue weighted by Crippen LogP contribution is -1.88. The Balaban J connectivity index is 0.000000810. The van der Waals surface area contributed by atoms with Crippen LogP contribution in [0.5, 0.6) is 0 Å². The van der Waals surface area contributed by atoms with Crippen LogP contribution in [-0.2, 0) is 0 Å². The molecule has 0 saturated heterocycles. The first-order valence-corrected chi connectivity index (χ1v) is 2.86. The van der Waals surface area contributed by atoms with Gasteiger partial charge in [-0.15, -0.1) is 0 Å². The molecule has 0 fully saturated rings. The third-order valence-electron chi connectivity index (χ3n) is 1.18. The Morgan fingerprint density at radius 2 is 1.70 bits per heavy atom. The maximum Gasteiger partial charge on any atom is 0.159 e. The van der Waals surface area contributed by atoms with Crippen LogP contribution in [0.25, 0.3) is 0 Å². The molecule has 0 aromatic heterocycles. The lowest BCUT2D eigenvalue weighted by molar-refractivity contribution is 0.101. The van der Waals surface area contributed by atoms with Crippen LogP contribution in [0.1, 0.15) is 17.3 Å². The van der Waals surface area contributed by atoms with Crippen LogP contribution in [0, 0.1) is 0 Å². The lowest BCUT2D eigenvalue weighted by Gasteiger charge is -1.89. The summed E-state index contributed by atoms with van der Waals surface area (Å²) in [5, 5.41) is 0. The molecule has 0 aliphatic heterocycles. The Labute approximate surface area is 59.8 Å². The number of carbonyl (C=O) groups excluding carboxylic acids is 1. The second kappa shape index (κ2) is 3.80. The molecule has 0 aliphatic carbocycles. The summed E-state index contributed by atoms with van der Waals surface area (Å²) in [5.41, 5.74) is 0.775. The van der Waals surface area contributed by atoms with Crippen molar-refractivity contribution in [3.63, 3.8) is 0 Å². The van der Waals surface area contributed by atoms with Gasteiger partial charge in [-0.1, -0.05) is 30.3 Å². The Morgan fingerprint density at radius 3 is 2.00 bits per heavy atom. The maximum atomic E-state index is 10.6. The molecule has 0 saturated carbocycles. The van der Waals surface area contributed by atoms with E-state index in [2.05, 4.69) is 0 Å². The first kappa shape index (κ1) is 8.85. The van der Waals surface area contributed by atoms with Crippen LogP contribution in [0.15, 0.2) is 30.3 Å². The Hall–Kier alpha value is -1.15. The summed E-state index contributed by atoms with van der Waals surface area (Å²) in [6.07, 6.45) is 0. The Morgan fingerprint density at radius 1 is 1.20 bits per heavy atom. The fourth-order valence-electron chi connectivity index (χ4n) is 0.673. The minimum absolute atomic E-state index is 0. The smallest absolute Gasteiger partial charge is 0.159 e. The van der Waals surface area contributed by atoms with Crippen LogP contribution >= 0.6 is 0 Å². The van der Waals surface area contributed by atoms with Gasteiger partial charge in [0, 0.05) is 5.56 Å². The van der Waals surface area contributed by atoms with E-state index >= 15 is 0 Å². The molecule has 2 N–H and O–H groups in total. The molecule has 1 aromatic carbocycles. The molecular formula is C8H10O2. The molecule has 10 heavy (non-hydrogen) atoms. The molecule has 0 spiro atoms. The van der Waals surface area contributed by atoms with Crippen molar-refractivity contribution in [2.75, 3.05) is 0 Å². The number of hydrogen-bond acceptors (Lipinski definition) is 1. The van der Waals surface area contributed by atoms with Crippen LogP contribution < -0.4 is 0 Å². The van der Waals surface area contributed by atoms with Gasteiger partial charge in [0.1, 0.15) is 0 Å². The van der Waals surface area contributed by atoms with Gasteiger partial charge < -0.3 is 5.48 Å². The normalized spacial score (nSPS) is 8.10. The van der Waals surface area contributed by atoms with Crippen molar-refractivity contribution in [2.45, 2.75) is 6.92 Å². The van der Waals surface area contributed by atoms with Crippen molar-refractivity contribution in [1.29, 1.82) is 0 Å². The molecule has 0 radical (unpaired) electrons. The molecule has 2 heteroatoms. The highest BCUT2D eigenvalue weighted by molar-refractivity contribution is 5.93. The van der Waals surface area contributed by atoms with E-state index in [1.165, 1.54) is 0 Å². The Bertz CT molecular complexity index is 204. The van der Waals surface area contributed by atoms with Gasteiger partial charge in [0.25, 0.3) is 0 Å². The molecule has 0 heterocycles. The number of rotatable bonds is 1. The first-order valence-electron chi connectivity index (χ1n) is 2.86. The van der Waals surface area contributed by atoms with E-state index in [9.17, 15) is 4.79 Å². The predicted molar refractivity (Wildman–Crippen MR) is 40.1 cm³/mol. The highest BCUT2D eigenvalue weighted by Crippen LogP contribution is 1.97. The van der Waals surface area contributed by atoms with E-state index in [0.29, 0.717) is 0 Å². The number of benzene rings is 1. The van der Waals surface area contributed by atoms with Crippen molar-refractivity contribution in [3.8, 4) is 0 Å². The summed E-state index contributed by atoms with van der Waals surface area (Å²) in [5.74, 6) is 0.121. The number of ketones is 1. The highest BCUT2D eigenvalue weighted by atomic mass is 16.1. The lowest BCUT2D eigenvalue weighted by atomic mass is 10.2. The molecule has 54 valence electrons. The van der Waals surface area contributed by atoms with Crippen LogP contribution in [0.2, 0.25) is 0 Å². The second-order valence-electron chi connectivity index (χ2n) is 1.92. The van der Waals surface area contributed by atoms with Crippen LogP contribution in [-0.4, -0.2) is 11.3 Å². The van der Waals surface area contributed by atoms with Crippen LogP contribution in [0.3, 0.4) is 0 Å². The molecule has 2 nitrogen and oxygen atoms in total. The fourth-order valence-corrected chi connectivity index (χ4v) is 0.673. The molecule has 0 bridgehead atoms. The summed E-state index contributed by atoms with van der Waals surface area (Å²) in [6, 6.07) is 9.23. The summed E-state index contributed by atoms with van der Waals surface area (Å²) in [7, 11) is 0. The zero-order valence-corrected chi connectivity index (χ0v) is 5.79. The molecule has 0 unspecified atom stereocenters. The van der Waals surface area contributed by atoms with Gasteiger partial charge in [0.05, 0.1) is 0 Å². The topological polar surface area (TPSA) is 48.6 Å². The monoisotopic (exact) mass is 138 g/mol. The van der Waals surface area contributed by atoms with Gasteiger partial charge in [0.2, 0.25) is 0 Å². The maximum absolute atomic E-state index is 10.6. The molecule has 0 amide bonds. The van der Waals surface area contributed by atoms with Crippen molar-refractivity contribution in [3.05, 3.63) is 35.9 Å². The summed E-state index contributed by atoms with van der Waals surface area (Å²) in [4.78, 5) is 10.6. The van der Waals surface area contributed by atoms with E-state index in [-0.39, 0.29) is 11.3 Å². The van der Waals surface area contributed by atoms with Gasteiger partial charge in [-0.2, -0.15) is 0 Å².